The highest BCUT2D eigenvalue weighted by molar-refractivity contribution is 7.47. The number of rotatable bonds is 39. The van der Waals surface area contributed by atoms with Gasteiger partial charge in [-0.25, -0.2) is 4.57 Å². The number of carbonyl (C=O) groups is 2. The van der Waals surface area contributed by atoms with Crippen molar-refractivity contribution in [2.24, 2.45) is 0 Å². The van der Waals surface area contributed by atoms with Crippen molar-refractivity contribution in [3.8, 4) is 0 Å². The first-order valence-corrected chi connectivity index (χ1v) is 27.3. The van der Waals surface area contributed by atoms with Gasteiger partial charge in [-0.3, -0.25) is 18.6 Å². The normalized spacial score (nSPS) is 27.8. The van der Waals surface area contributed by atoms with Crippen LogP contribution in [-0.2, 0) is 42.1 Å². The maximum Gasteiger partial charge on any atom is 0.472 e. The van der Waals surface area contributed by atoms with E-state index in [1.165, 1.54) is 44.9 Å². The van der Waals surface area contributed by atoms with Crippen molar-refractivity contribution in [1.29, 1.82) is 0 Å². The number of aliphatic hydroxyl groups is 8. The molecule has 69 heavy (non-hydrogen) atoms. The second-order valence-electron chi connectivity index (χ2n) is 18.4. The molecule has 18 nitrogen and oxygen atoms in total. The fraction of sp³-hybridized carbons (Fsp3) is 0.840. The van der Waals surface area contributed by atoms with Crippen molar-refractivity contribution in [3.63, 3.8) is 0 Å². The third kappa shape index (κ3) is 26.4. The van der Waals surface area contributed by atoms with Crippen molar-refractivity contribution in [3.05, 3.63) is 36.5 Å². The summed E-state index contributed by atoms with van der Waals surface area (Å²) in [6, 6.07) is 0. The molecule has 0 spiro atoms. The van der Waals surface area contributed by atoms with Crippen LogP contribution >= 0.6 is 7.82 Å². The van der Waals surface area contributed by atoms with E-state index in [0.29, 0.717) is 12.8 Å². The Morgan fingerprint density at radius 3 is 1.58 bits per heavy atom. The molecule has 0 amide bonds. The van der Waals surface area contributed by atoms with E-state index in [-0.39, 0.29) is 12.8 Å². The lowest BCUT2D eigenvalue weighted by atomic mass is 9.84. The Kier molecular flexibility index (Phi) is 34.3. The lowest BCUT2D eigenvalue weighted by Crippen LogP contribution is -2.67. The van der Waals surface area contributed by atoms with Gasteiger partial charge in [0.05, 0.1) is 13.2 Å². The van der Waals surface area contributed by atoms with Gasteiger partial charge in [0, 0.05) is 12.8 Å². The molecule has 1 saturated heterocycles. The summed E-state index contributed by atoms with van der Waals surface area (Å²) >= 11 is 0. The first-order chi connectivity index (χ1) is 33.2. The van der Waals surface area contributed by atoms with Crippen LogP contribution in [0.4, 0.5) is 0 Å². The minimum atomic E-state index is -5.38. The Bertz CT molecular complexity index is 1480. The summed E-state index contributed by atoms with van der Waals surface area (Å²) in [5, 5.41) is 82.9. The highest BCUT2D eigenvalue weighted by atomic mass is 31.2. The highest BCUT2D eigenvalue weighted by Gasteiger charge is 2.55. The Balaban J connectivity index is 1.94. The minimum absolute atomic E-state index is 0.0139. The van der Waals surface area contributed by atoms with Crippen LogP contribution in [0.5, 0.6) is 0 Å². The van der Waals surface area contributed by atoms with Crippen LogP contribution in [0.15, 0.2) is 36.5 Å². The molecule has 1 saturated carbocycles. The minimum Gasteiger partial charge on any atom is -0.462 e. The van der Waals surface area contributed by atoms with Crippen LogP contribution in [0.1, 0.15) is 174 Å². The summed E-state index contributed by atoms with van der Waals surface area (Å²) < 4.78 is 45.4. The molecule has 19 heteroatoms. The molecule has 2 rings (SSSR count). The van der Waals surface area contributed by atoms with Gasteiger partial charge in [-0.05, 0) is 64.2 Å². The summed E-state index contributed by atoms with van der Waals surface area (Å²) in [6.45, 7) is 2.14. The first kappa shape index (κ1) is 63.0. The molecular weight excluding hydrogens is 920 g/mol. The molecule has 0 aromatic rings. The second kappa shape index (κ2) is 37.6. The van der Waals surface area contributed by atoms with E-state index in [2.05, 4.69) is 50.3 Å². The molecule has 2 fully saturated rings. The fourth-order valence-corrected chi connectivity index (χ4v) is 9.00. The Morgan fingerprint density at radius 1 is 0.551 bits per heavy atom. The van der Waals surface area contributed by atoms with Crippen molar-refractivity contribution < 1.29 is 87.9 Å². The SMILES string of the molecule is CCC/C=C\C/C=C\CCCCCCCC(=O)O[C@H](COC(=O)CCCCCCC/C=C\CCCCCCCCC)COP(=O)(O)O[C@@H]1C(O)C(O)[C@@H](O)C(O)[C@H]1O[C@H]1OC(CO)[C@@H](O)C(O)[C@H]1O. The van der Waals surface area contributed by atoms with Crippen molar-refractivity contribution in [2.45, 2.75) is 248 Å². The number of ether oxygens (including phenoxy) is 4. The van der Waals surface area contributed by atoms with Gasteiger partial charge in [0.25, 0.3) is 0 Å². The number of unbranched alkanes of at least 4 members (excludes halogenated alkanes) is 18. The van der Waals surface area contributed by atoms with Crippen molar-refractivity contribution in [1.82, 2.24) is 0 Å². The average Bonchev–Trinajstić information content (AvgIpc) is 3.33. The average molecular weight is 1010 g/mol. The monoisotopic (exact) mass is 1010 g/mol. The third-order valence-electron chi connectivity index (χ3n) is 12.3. The van der Waals surface area contributed by atoms with Crippen molar-refractivity contribution in [2.75, 3.05) is 19.8 Å². The number of carbonyl (C=O) groups excluding carboxylic acids is 2. The number of esters is 2. The van der Waals surface area contributed by atoms with Gasteiger partial charge >= 0.3 is 19.8 Å². The van der Waals surface area contributed by atoms with Crippen LogP contribution in [0, 0.1) is 0 Å². The number of hydrogen-bond donors (Lipinski definition) is 9. The molecule has 1 heterocycles. The maximum atomic E-state index is 13.4. The van der Waals surface area contributed by atoms with Crippen LogP contribution in [0.2, 0.25) is 0 Å². The quantitative estimate of drug-likeness (QED) is 0.0147. The topological polar surface area (TPSA) is 289 Å². The van der Waals surface area contributed by atoms with Crippen LogP contribution in [0.25, 0.3) is 0 Å². The summed E-state index contributed by atoms with van der Waals surface area (Å²) in [5.41, 5.74) is 0. The number of phosphoric acid groups is 1. The smallest absolute Gasteiger partial charge is 0.462 e. The molecular formula is C50H89O18P. The lowest BCUT2D eigenvalue weighted by Gasteiger charge is -2.47. The Hall–Kier alpha value is -2.13. The maximum absolute atomic E-state index is 13.4. The molecule has 0 bridgehead atoms. The van der Waals surface area contributed by atoms with Gasteiger partial charge in [0.15, 0.2) is 12.4 Å². The van der Waals surface area contributed by atoms with E-state index in [1.807, 2.05) is 0 Å². The van der Waals surface area contributed by atoms with Gasteiger partial charge in [-0.2, -0.15) is 0 Å². The Labute approximate surface area is 410 Å². The van der Waals surface area contributed by atoms with E-state index in [1.54, 1.807) is 0 Å². The standard InChI is InChI=1S/C50H89O18P/c1-3-5-7-9-11-13-15-17-18-19-21-22-24-26-28-30-32-39(52)63-35-37(65-40(53)33-31-29-27-25-23-20-16-14-12-10-8-6-4-2)36-64-69(61,62)68-49-46(59)44(57)43(56)45(58)48(49)67-50-47(60)42(55)41(54)38(34-51)66-50/h8,10,14,16,18-19,37-38,41-51,54-60H,3-7,9,11-13,15,17,20-36H2,1-2H3,(H,61,62)/b10-8-,16-14-,19-18-/t37-,38?,41-,42?,43-,44?,45?,46?,47-,48-,49-,50-/m1/s1. The fourth-order valence-electron chi connectivity index (χ4n) is 8.03. The predicted molar refractivity (Wildman–Crippen MR) is 258 cm³/mol. The molecule has 9 N–H and O–H groups in total. The Morgan fingerprint density at radius 2 is 1.03 bits per heavy atom. The molecule has 1 aliphatic carbocycles. The van der Waals surface area contributed by atoms with Crippen LogP contribution < -0.4 is 0 Å². The molecule has 0 aromatic heterocycles. The van der Waals surface area contributed by atoms with Crippen molar-refractivity contribution >= 4 is 19.8 Å². The largest absolute Gasteiger partial charge is 0.472 e. The third-order valence-corrected chi connectivity index (χ3v) is 13.3. The molecule has 13 atom stereocenters. The number of allylic oxidation sites excluding steroid dienone is 6. The van der Waals surface area contributed by atoms with Gasteiger partial charge in [0.2, 0.25) is 0 Å². The molecule has 0 aromatic carbocycles. The van der Waals surface area contributed by atoms with Gasteiger partial charge in [0.1, 0.15) is 67.6 Å². The number of aliphatic hydroxyl groups excluding tert-OH is 8. The molecule has 402 valence electrons. The zero-order valence-corrected chi connectivity index (χ0v) is 42.2. The zero-order valence-electron chi connectivity index (χ0n) is 41.3. The summed E-state index contributed by atoms with van der Waals surface area (Å²) in [7, 11) is -5.38. The van der Waals surface area contributed by atoms with E-state index in [0.717, 1.165) is 89.9 Å². The van der Waals surface area contributed by atoms with E-state index >= 15 is 0 Å². The lowest BCUT2D eigenvalue weighted by molar-refractivity contribution is -0.338. The number of hydrogen-bond acceptors (Lipinski definition) is 17. The second-order valence-corrected chi connectivity index (χ2v) is 19.8. The van der Waals surface area contributed by atoms with Crippen LogP contribution in [0.3, 0.4) is 0 Å². The van der Waals surface area contributed by atoms with E-state index < -0.39 is 113 Å². The van der Waals surface area contributed by atoms with Gasteiger partial charge in [-0.15, -0.1) is 0 Å². The van der Waals surface area contributed by atoms with E-state index in [9.17, 15) is 59.9 Å². The zero-order chi connectivity index (χ0) is 50.9. The van der Waals surface area contributed by atoms with Gasteiger partial charge < -0.3 is 64.7 Å². The first-order valence-electron chi connectivity index (χ1n) is 25.8. The molecule has 1 aliphatic heterocycles. The van der Waals surface area contributed by atoms with Crippen LogP contribution in [-0.4, -0.2) is 151 Å². The summed E-state index contributed by atoms with van der Waals surface area (Å²) in [6.07, 6.45) is 13.7. The molecule has 6 unspecified atom stereocenters. The molecule has 0 radical (unpaired) electrons. The summed E-state index contributed by atoms with van der Waals surface area (Å²) in [4.78, 5) is 36.5. The summed E-state index contributed by atoms with van der Waals surface area (Å²) in [5.74, 6) is -1.24. The molecule has 2 aliphatic rings. The van der Waals surface area contributed by atoms with Gasteiger partial charge in [-0.1, -0.05) is 134 Å². The predicted octanol–water partition coefficient (Wildman–Crippen LogP) is 6.05. The highest BCUT2D eigenvalue weighted by Crippen LogP contribution is 2.48. The number of phosphoric ester groups is 1. The van der Waals surface area contributed by atoms with E-state index in [4.69, 9.17) is 28.0 Å².